The summed E-state index contributed by atoms with van der Waals surface area (Å²) >= 11 is 1.52. The Balaban J connectivity index is 1.42. The molecule has 1 aliphatic rings. The molecule has 2 aromatic carbocycles. The predicted molar refractivity (Wildman–Crippen MR) is 117 cm³/mol. The van der Waals surface area contributed by atoms with E-state index in [1.54, 1.807) is 0 Å². The molecule has 29 heavy (non-hydrogen) atoms. The number of carboxylic acids is 1. The Labute approximate surface area is 172 Å². The fraction of sp³-hybridized carbons (Fsp3) is 0.273. The maximum Gasteiger partial charge on any atom is 0.325 e. The third kappa shape index (κ3) is 3.07. The van der Waals surface area contributed by atoms with Gasteiger partial charge in [-0.2, -0.15) is 4.37 Å². The predicted octanol–water partition coefficient (Wildman–Crippen LogP) is 4.03. The van der Waals surface area contributed by atoms with Crippen LogP contribution in [0.15, 0.2) is 48.5 Å². The van der Waals surface area contributed by atoms with E-state index in [1.165, 1.54) is 21.6 Å². The van der Waals surface area contributed by atoms with Gasteiger partial charge in [-0.1, -0.05) is 30.3 Å². The molecule has 1 atom stereocenters. The Kier molecular flexibility index (Phi) is 4.49. The van der Waals surface area contributed by atoms with E-state index >= 15 is 0 Å². The molecule has 0 aliphatic carbocycles. The van der Waals surface area contributed by atoms with Gasteiger partial charge in [0.2, 0.25) is 0 Å². The molecule has 0 radical (unpaired) electrons. The average Bonchev–Trinajstić information content (AvgIpc) is 3.30. The minimum absolute atomic E-state index is 0.652. The van der Waals surface area contributed by atoms with E-state index in [-0.39, 0.29) is 0 Å². The first-order chi connectivity index (χ1) is 14.1. The molecular weight excluding hydrogens is 384 g/mol. The zero-order valence-corrected chi connectivity index (χ0v) is 16.9. The number of aromatic nitrogens is 2. The van der Waals surface area contributed by atoms with E-state index in [4.69, 9.17) is 0 Å². The number of anilines is 1. The van der Waals surface area contributed by atoms with Crippen molar-refractivity contribution < 1.29 is 9.90 Å². The Morgan fingerprint density at radius 1 is 1.07 bits per heavy atom. The number of aliphatic carboxylic acids is 1. The monoisotopic (exact) mass is 406 g/mol. The first-order valence-electron chi connectivity index (χ1n) is 9.77. The highest BCUT2D eigenvalue weighted by molar-refractivity contribution is 7.13. The van der Waals surface area contributed by atoms with Crippen molar-refractivity contribution in [2.24, 2.45) is 0 Å². The average molecular weight is 407 g/mol. The van der Waals surface area contributed by atoms with Crippen LogP contribution in [0, 0.1) is 6.92 Å². The van der Waals surface area contributed by atoms with Crippen LogP contribution < -0.4 is 4.90 Å². The smallest absolute Gasteiger partial charge is 0.325 e. The highest BCUT2D eigenvalue weighted by Gasteiger charge is 2.34. The molecule has 0 amide bonds. The van der Waals surface area contributed by atoms with Crippen LogP contribution >= 0.6 is 11.5 Å². The Hall–Kier alpha value is -2.90. The number of nitrogens with zero attached hydrogens (tertiary/aromatic N) is 3. The summed E-state index contributed by atoms with van der Waals surface area (Å²) in [5.74, 6) is 0.214. The number of carboxylic acid groups (broad SMARTS) is 1. The van der Waals surface area contributed by atoms with Crippen LogP contribution in [-0.4, -0.2) is 51.5 Å². The van der Waals surface area contributed by atoms with Crippen LogP contribution in [0.1, 0.15) is 17.3 Å². The lowest BCUT2D eigenvalue weighted by Gasteiger charge is -2.38. The molecule has 2 N–H and O–H groups in total. The molecule has 0 bridgehead atoms. The van der Waals surface area contributed by atoms with E-state index in [0.29, 0.717) is 13.1 Å². The number of fused-ring (bicyclic) bond motifs is 2. The third-order valence-corrected chi connectivity index (χ3v) is 6.61. The minimum Gasteiger partial charge on any atom is -0.480 e. The summed E-state index contributed by atoms with van der Waals surface area (Å²) in [6.45, 7) is 4.85. The SMILES string of the molecule is Cc1[nH]c2ccccc2c1C(C(=O)O)N1CCN(c2nsc3ccccc23)CC1. The van der Waals surface area contributed by atoms with Crippen molar-refractivity contribution >= 4 is 44.3 Å². The first kappa shape index (κ1) is 18.1. The molecular formula is C22H22N4O2S. The number of hydrogen-bond donors (Lipinski definition) is 2. The van der Waals surface area contributed by atoms with E-state index in [2.05, 4.69) is 31.3 Å². The Bertz CT molecular complexity index is 1190. The number of benzene rings is 2. The van der Waals surface area contributed by atoms with Crippen LogP contribution in [0.4, 0.5) is 5.82 Å². The molecule has 4 aromatic rings. The number of rotatable bonds is 4. The van der Waals surface area contributed by atoms with Gasteiger partial charge in [-0.25, -0.2) is 0 Å². The second-order valence-electron chi connectivity index (χ2n) is 7.48. The van der Waals surface area contributed by atoms with Crippen LogP contribution in [0.2, 0.25) is 0 Å². The van der Waals surface area contributed by atoms with Gasteiger partial charge in [-0.15, -0.1) is 0 Å². The molecule has 2 aromatic heterocycles. The molecule has 1 saturated heterocycles. The molecule has 0 saturated carbocycles. The number of aryl methyl sites for hydroxylation is 1. The quantitative estimate of drug-likeness (QED) is 0.535. The number of hydrogen-bond acceptors (Lipinski definition) is 5. The maximum atomic E-state index is 12.3. The molecule has 6 nitrogen and oxygen atoms in total. The largest absolute Gasteiger partial charge is 0.480 e. The zero-order valence-electron chi connectivity index (χ0n) is 16.1. The number of aromatic amines is 1. The molecule has 1 unspecified atom stereocenters. The second kappa shape index (κ2) is 7.17. The van der Waals surface area contributed by atoms with E-state index < -0.39 is 12.0 Å². The molecule has 3 heterocycles. The van der Waals surface area contributed by atoms with Crippen molar-refractivity contribution in [3.8, 4) is 0 Å². The molecule has 0 spiro atoms. The lowest BCUT2D eigenvalue weighted by Crippen LogP contribution is -2.49. The molecule has 148 valence electrons. The number of piperazine rings is 1. The van der Waals surface area contributed by atoms with Crippen molar-refractivity contribution in [2.75, 3.05) is 31.1 Å². The van der Waals surface area contributed by atoms with Gasteiger partial charge >= 0.3 is 5.97 Å². The van der Waals surface area contributed by atoms with Gasteiger partial charge < -0.3 is 15.0 Å². The summed E-state index contributed by atoms with van der Waals surface area (Å²) in [5.41, 5.74) is 2.78. The normalized spacial score (nSPS) is 16.5. The molecule has 1 fully saturated rings. The van der Waals surface area contributed by atoms with Gasteiger partial charge in [0.25, 0.3) is 0 Å². The summed E-state index contributed by atoms with van der Waals surface area (Å²) in [6.07, 6.45) is 0. The number of nitrogens with one attached hydrogen (secondary N) is 1. The summed E-state index contributed by atoms with van der Waals surface area (Å²) < 4.78 is 5.84. The number of carbonyl (C=O) groups is 1. The Morgan fingerprint density at radius 3 is 2.52 bits per heavy atom. The standard InChI is InChI=1S/C22H22N4O2S/c1-14-19(15-6-2-4-8-17(15)23-14)20(22(27)28)25-10-12-26(13-11-25)21-16-7-3-5-9-18(16)29-24-21/h2-9,20,23H,10-13H2,1H3,(H,27,28). The first-order valence-corrected chi connectivity index (χ1v) is 10.5. The lowest BCUT2D eigenvalue weighted by molar-refractivity contribution is -0.143. The van der Waals surface area contributed by atoms with Crippen LogP contribution in [0.25, 0.3) is 21.0 Å². The van der Waals surface area contributed by atoms with Gasteiger partial charge in [0.05, 0.1) is 4.70 Å². The van der Waals surface area contributed by atoms with E-state index in [9.17, 15) is 9.90 Å². The van der Waals surface area contributed by atoms with Gasteiger partial charge in [-0.3, -0.25) is 9.69 Å². The topological polar surface area (TPSA) is 72.5 Å². The maximum absolute atomic E-state index is 12.3. The fourth-order valence-corrected chi connectivity index (χ4v) is 5.20. The molecule has 7 heteroatoms. The van der Waals surface area contributed by atoms with Crippen molar-refractivity contribution in [2.45, 2.75) is 13.0 Å². The highest BCUT2D eigenvalue weighted by atomic mass is 32.1. The fourth-order valence-electron chi connectivity index (χ4n) is 4.41. The zero-order chi connectivity index (χ0) is 20.0. The summed E-state index contributed by atoms with van der Waals surface area (Å²) in [5, 5.41) is 12.3. The van der Waals surface area contributed by atoms with Crippen molar-refractivity contribution in [1.29, 1.82) is 0 Å². The van der Waals surface area contributed by atoms with Crippen LogP contribution in [0.5, 0.6) is 0 Å². The lowest BCUT2D eigenvalue weighted by atomic mass is 10.0. The summed E-state index contributed by atoms with van der Waals surface area (Å²) in [4.78, 5) is 20.0. The minimum atomic E-state index is -0.801. The summed E-state index contributed by atoms with van der Waals surface area (Å²) in [6, 6.07) is 15.5. The van der Waals surface area contributed by atoms with Gasteiger partial charge in [0.1, 0.15) is 11.9 Å². The number of para-hydroxylation sites is 1. The van der Waals surface area contributed by atoms with Gasteiger partial charge in [-0.05, 0) is 36.7 Å². The molecule has 5 rings (SSSR count). The number of H-pyrrole nitrogens is 1. The van der Waals surface area contributed by atoms with Gasteiger partial charge in [0, 0.05) is 53.7 Å². The summed E-state index contributed by atoms with van der Waals surface area (Å²) in [7, 11) is 0. The van der Waals surface area contributed by atoms with Crippen LogP contribution in [-0.2, 0) is 4.79 Å². The Morgan fingerprint density at radius 2 is 1.76 bits per heavy atom. The van der Waals surface area contributed by atoms with Crippen molar-refractivity contribution in [3.05, 3.63) is 59.8 Å². The van der Waals surface area contributed by atoms with Crippen molar-refractivity contribution in [3.63, 3.8) is 0 Å². The van der Waals surface area contributed by atoms with Crippen LogP contribution in [0.3, 0.4) is 0 Å². The van der Waals surface area contributed by atoms with E-state index in [1.807, 2.05) is 43.3 Å². The van der Waals surface area contributed by atoms with Gasteiger partial charge in [0.15, 0.2) is 0 Å². The second-order valence-corrected chi connectivity index (χ2v) is 8.28. The van der Waals surface area contributed by atoms with E-state index in [0.717, 1.165) is 41.1 Å². The molecule has 1 aliphatic heterocycles. The highest BCUT2D eigenvalue weighted by Crippen LogP contribution is 2.34. The van der Waals surface area contributed by atoms with Crippen molar-refractivity contribution in [1.82, 2.24) is 14.3 Å². The third-order valence-electron chi connectivity index (χ3n) is 5.79.